The van der Waals surface area contributed by atoms with E-state index < -0.39 is 0 Å². The van der Waals surface area contributed by atoms with Gasteiger partial charge in [-0.05, 0) is 33.1 Å². The minimum Gasteiger partial charge on any atom is -0.377 e. The third kappa shape index (κ3) is 1.94. The summed E-state index contributed by atoms with van der Waals surface area (Å²) in [5, 5.41) is 8.82. The van der Waals surface area contributed by atoms with E-state index in [1.165, 1.54) is 6.42 Å². The summed E-state index contributed by atoms with van der Waals surface area (Å²) in [5.41, 5.74) is -0.305. The SMILES string of the molecule is CC(C)(C#N)[C@@H]1CCCCO1. The molecule has 11 heavy (non-hydrogen) atoms. The van der Waals surface area contributed by atoms with Crippen LogP contribution in [0.1, 0.15) is 33.1 Å². The van der Waals surface area contributed by atoms with Crippen LogP contribution in [-0.4, -0.2) is 12.7 Å². The average Bonchev–Trinajstić information content (AvgIpc) is 2.06. The van der Waals surface area contributed by atoms with Crippen LogP contribution in [0.15, 0.2) is 0 Å². The molecule has 0 radical (unpaired) electrons. The molecular formula is C9H15NO. The van der Waals surface area contributed by atoms with E-state index in [2.05, 4.69) is 6.07 Å². The smallest absolute Gasteiger partial charge is 0.0779 e. The normalized spacial score (nSPS) is 26.1. The molecule has 1 saturated heterocycles. The van der Waals surface area contributed by atoms with Crippen LogP contribution in [0.25, 0.3) is 0 Å². The molecule has 2 heteroatoms. The molecule has 1 rings (SSSR count). The van der Waals surface area contributed by atoms with Crippen molar-refractivity contribution in [3.63, 3.8) is 0 Å². The molecule has 62 valence electrons. The number of hydrogen-bond acceptors (Lipinski definition) is 2. The first-order valence-corrected chi connectivity index (χ1v) is 4.19. The van der Waals surface area contributed by atoms with Crippen molar-refractivity contribution in [2.45, 2.75) is 39.2 Å². The standard InChI is InChI=1S/C9H15NO/c1-9(2,7-10)8-5-3-4-6-11-8/h8H,3-6H2,1-2H3/t8-/m0/s1. The first kappa shape index (κ1) is 8.55. The number of ether oxygens (including phenoxy) is 1. The maximum Gasteiger partial charge on any atom is 0.0779 e. The Balaban J connectivity index is 2.52. The third-order valence-corrected chi connectivity index (χ3v) is 2.27. The lowest BCUT2D eigenvalue weighted by Crippen LogP contribution is -2.33. The van der Waals surface area contributed by atoms with E-state index in [1.54, 1.807) is 0 Å². The van der Waals surface area contributed by atoms with Crippen molar-refractivity contribution in [1.82, 2.24) is 0 Å². The van der Waals surface area contributed by atoms with Crippen LogP contribution in [0.5, 0.6) is 0 Å². The van der Waals surface area contributed by atoms with Gasteiger partial charge in [-0.1, -0.05) is 0 Å². The van der Waals surface area contributed by atoms with Crippen molar-refractivity contribution >= 4 is 0 Å². The van der Waals surface area contributed by atoms with Gasteiger partial charge in [0.15, 0.2) is 0 Å². The predicted molar refractivity (Wildman–Crippen MR) is 43.0 cm³/mol. The number of nitrogens with zero attached hydrogens (tertiary/aromatic N) is 1. The van der Waals surface area contributed by atoms with E-state index in [9.17, 15) is 0 Å². The third-order valence-electron chi connectivity index (χ3n) is 2.27. The minimum atomic E-state index is -0.305. The largest absolute Gasteiger partial charge is 0.377 e. The highest BCUT2D eigenvalue weighted by molar-refractivity contribution is 4.98. The molecule has 0 aromatic heterocycles. The second-order valence-electron chi connectivity index (χ2n) is 3.69. The topological polar surface area (TPSA) is 33.0 Å². The van der Waals surface area contributed by atoms with E-state index in [4.69, 9.17) is 10.00 Å². The summed E-state index contributed by atoms with van der Waals surface area (Å²) in [4.78, 5) is 0. The van der Waals surface area contributed by atoms with Gasteiger partial charge in [0.25, 0.3) is 0 Å². The number of rotatable bonds is 1. The van der Waals surface area contributed by atoms with Gasteiger partial charge in [-0.25, -0.2) is 0 Å². The Morgan fingerprint density at radius 3 is 2.64 bits per heavy atom. The van der Waals surface area contributed by atoms with Crippen LogP contribution in [-0.2, 0) is 4.74 Å². The summed E-state index contributed by atoms with van der Waals surface area (Å²) in [6.45, 7) is 4.72. The Kier molecular flexibility index (Phi) is 2.51. The van der Waals surface area contributed by atoms with Gasteiger partial charge in [0, 0.05) is 6.61 Å². The zero-order valence-electron chi connectivity index (χ0n) is 7.26. The second kappa shape index (κ2) is 3.23. The molecule has 1 fully saturated rings. The second-order valence-corrected chi connectivity index (χ2v) is 3.69. The molecule has 1 aliphatic rings. The van der Waals surface area contributed by atoms with Gasteiger partial charge in [-0.2, -0.15) is 5.26 Å². The summed E-state index contributed by atoms with van der Waals surface area (Å²) >= 11 is 0. The quantitative estimate of drug-likeness (QED) is 0.578. The van der Waals surface area contributed by atoms with E-state index in [0.717, 1.165) is 19.4 Å². The molecule has 0 aromatic rings. The zero-order chi connectivity index (χ0) is 8.32. The van der Waals surface area contributed by atoms with E-state index in [0.29, 0.717) is 0 Å². The van der Waals surface area contributed by atoms with Crippen LogP contribution in [0, 0.1) is 16.7 Å². The Hall–Kier alpha value is -0.550. The van der Waals surface area contributed by atoms with Crippen molar-refractivity contribution in [2.24, 2.45) is 5.41 Å². The lowest BCUT2D eigenvalue weighted by Gasteiger charge is -2.31. The Bertz CT molecular complexity index is 163. The van der Waals surface area contributed by atoms with Crippen LogP contribution in [0.2, 0.25) is 0 Å². The van der Waals surface area contributed by atoms with Gasteiger partial charge in [0.05, 0.1) is 17.6 Å². The Morgan fingerprint density at radius 1 is 1.45 bits per heavy atom. The molecule has 1 heterocycles. The van der Waals surface area contributed by atoms with Crippen LogP contribution < -0.4 is 0 Å². The molecule has 0 unspecified atom stereocenters. The highest BCUT2D eigenvalue weighted by atomic mass is 16.5. The molecule has 0 aliphatic carbocycles. The maximum absolute atomic E-state index is 8.82. The summed E-state index contributed by atoms with van der Waals surface area (Å²) in [7, 11) is 0. The van der Waals surface area contributed by atoms with Gasteiger partial charge in [0.1, 0.15) is 0 Å². The predicted octanol–water partition coefficient (Wildman–Crippen LogP) is 2.11. The molecule has 0 aromatic carbocycles. The van der Waals surface area contributed by atoms with Crippen molar-refractivity contribution in [3.05, 3.63) is 0 Å². The fraction of sp³-hybridized carbons (Fsp3) is 0.889. The summed E-state index contributed by atoms with van der Waals surface area (Å²) in [6.07, 6.45) is 3.55. The number of hydrogen-bond donors (Lipinski definition) is 0. The van der Waals surface area contributed by atoms with Gasteiger partial charge in [-0.15, -0.1) is 0 Å². The highest BCUT2D eigenvalue weighted by Crippen LogP contribution is 2.29. The summed E-state index contributed by atoms with van der Waals surface area (Å²) < 4.78 is 5.51. The molecule has 0 bridgehead atoms. The van der Waals surface area contributed by atoms with Crippen LogP contribution >= 0.6 is 0 Å². The molecular weight excluding hydrogens is 138 g/mol. The fourth-order valence-electron chi connectivity index (χ4n) is 1.38. The van der Waals surface area contributed by atoms with Gasteiger partial charge in [-0.3, -0.25) is 0 Å². The van der Waals surface area contributed by atoms with Gasteiger partial charge >= 0.3 is 0 Å². The lowest BCUT2D eigenvalue weighted by atomic mass is 9.84. The maximum atomic E-state index is 8.82. The fourth-order valence-corrected chi connectivity index (χ4v) is 1.38. The molecule has 0 N–H and O–H groups in total. The average molecular weight is 153 g/mol. The Labute approximate surface area is 68.2 Å². The lowest BCUT2D eigenvalue weighted by molar-refractivity contribution is -0.0340. The van der Waals surface area contributed by atoms with E-state index in [-0.39, 0.29) is 11.5 Å². The van der Waals surface area contributed by atoms with E-state index in [1.807, 2.05) is 13.8 Å². The van der Waals surface area contributed by atoms with Crippen molar-refractivity contribution in [3.8, 4) is 6.07 Å². The number of nitriles is 1. The summed E-state index contributed by atoms with van der Waals surface area (Å²) in [5.74, 6) is 0. The molecule has 0 saturated carbocycles. The van der Waals surface area contributed by atoms with Gasteiger partial charge < -0.3 is 4.74 Å². The van der Waals surface area contributed by atoms with Crippen molar-refractivity contribution < 1.29 is 4.74 Å². The zero-order valence-corrected chi connectivity index (χ0v) is 7.26. The van der Waals surface area contributed by atoms with Crippen molar-refractivity contribution in [2.75, 3.05) is 6.61 Å². The molecule has 0 amide bonds. The molecule has 1 atom stereocenters. The molecule has 0 spiro atoms. The van der Waals surface area contributed by atoms with Gasteiger partial charge in [0.2, 0.25) is 0 Å². The monoisotopic (exact) mass is 153 g/mol. The molecule has 1 aliphatic heterocycles. The first-order valence-electron chi connectivity index (χ1n) is 4.19. The van der Waals surface area contributed by atoms with Crippen LogP contribution in [0.4, 0.5) is 0 Å². The van der Waals surface area contributed by atoms with E-state index >= 15 is 0 Å². The Morgan fingerprint density at radius 2 is 2.18 bits per heavy atom. The summed E-state index contributed by atoms with van der Waals surface area (Å²) in [6, 6.07) is 2.29. The van der Waals surface area contributed by atoms with Crippen molar-refractivity contribution in [1.29, 1.82) is 5.26 Å². The minimum absolute atomic E-state index is 0.154. The van der Waals surface area contributed by atoms with Crippen LogP contribution in [0.3, 0.4) is 0 Å². The highest BCUT2D eigenvalue weighted by Gasteiger charge is 2.31. The molecule has 2 nitrogen and oxygen atoms in total. The first-order chi connectivity index (χ1) is 5.17.